The van der Waals surface area contributed by atoms with Crippen molar-refractivity contribution in [2.45, 2.75) is 26.2 Å². The van der Waals surface area contributed by atoms with Crippen LogP contribution in [0.3, 0.4) is 0 Å². The van der Waals surface area contributed by atoms with Gasteiger partial charge in [0.1, 0.15) is 5.82 Å². The van der Waals surface area contributed by atoms with Gasteiger partial charge in [-0.1, -0.05) is 37.3 Å². The van der Waals surface area contributed by atoms with Gasteiger partial charge in [0.15, 0.2) is 5.69 Å². The first-order valence-electron chi connectivity index (χ1n) is 8.70. The van der Waals surface area contributed by atoms with E-state index in [1.54, 1.807) is 17.8 Å². The molecule has 0 bridgehead atoms. The van der Waals surface area contributed by atoms with E-state index in [9.17, 15) is 9.59 Å². The molecule has 0 saturated carbocycles. The number of amides is 2. The lowest BCUT2D eigenvalue weighted by Crippen LogP contribution is -2.38. The minimum Gasteiger partial charge on any atom is -0.337 e. The normalized spacial score (nSPS) is 15.2. The maximum atomic E-state index is 12.6. The van der Waals surface area contributed by atoms with E-state index in [1.807, 2.05) is 35.2 Å². The van der Waals surface area contributed by atoms with Gasteiger partial charge in [0.2, 0.25) is 5.91 Å². The highest BCUT2D eigenvalue weighted by Crippen LogP contribution is 2.19. The van der Waals surface area contributed by atoms with E-state index in [4.69, 9.17) is 0 Å². The summed E-state index contributed by atoms with van der Waals surface area (Å²) in [4.78, 5) is 26.6. The zero-order chi connectivity index (χ0) is 17.8. The molecule has 1 N–H and O–H groups in total. The van der Waals surface area contributed by atoms with Crippen molar-refractivity contribution in [3.05, 3.63) is 47.7 Å². The van der Waals surface area contributed by atoms with E-state index < -0.39 is 0 Å². The molecule has 0 atom stereocenters. The second-order valence-electron chi connectivity index (χ2n) is 6.72. The van der Waals surface area contributed by atoms with Crippen LogP contribution in [0.5, 0.6) is 0 Å². The third-order valence-electron chi connectivity index (χ3n) is 4.64. The molecule has 25 heavy (non-hydrogen) atoms. The number of anilines is 1. The summed E-state index contributed by atoms with van der Waals surface area (Å²) >= 11 is 0. The molecule has 2 amide bonds. The number of piperidine rings is 1. The van der Waals surface area contributed by atoms with Gasteiger partial charge < -0.3 is 10.2 Å². The van der Waals surface area contributed by atoms with Crippen LogP contribution < -0.4 is 5.32 Å². The molecule has 0 radical (unpaired) electrons. The molecule has 2 heterocycles. The molecular formula is C19H24N4O2. The summed E-state index contributed by atoms with van der Waals surface area (Å²) in [6, 6.07) is 11.2. The molecule has 3 rings (SSSR count). The van der Waals surface area contributed by atoms with Gasteiger partial charge in [0, 0.05) is 26.2 Å². The molecule has 1 aliphatic heterocycles. The first-order chi connectivity index (χ1) is 12.0. The summed E-state index contributed by atoms with van der Waals surface area (Å²) in [6.45, 7) is 3.75. The van der Waals surface area contributed by atoms with E-state index in [-0.39, 0.29) is 11.8 Å². The average Bonchev–Trinajstić information content (AvgIpc) is 2.96. The number of rotatable bonds is 4. The van der Waals surface area contributed by atoms with Crippen molar-refractivity contribution in [1.29, 1.82) is 0 Å². The molecule has 6 heteroatoms. The van der Waals surface area contributed by atoms with E-state index in [1.165, 1.54) is 0 Å². The average molecular weight is 340 g/mol. The Balaban J connectivity index is 1.64. The van der Waals surface area contributed by atoms with Crippen LogP contribution in [-0.2, 0) is 18.3 Å². The zero-order valence-corrected chi connectivity index (χ0v) is 14.7. The number of aromatic nitrogens is 2. The van der Waals surface area contributed by atoms with Crippen LogP contribution in [0.1, 0.15) is 35.8 Å². The van der Waals surface area contributed by atoms with Crippen LogP contribution in [0.4, 0.5) is 5.82 Å². The molecule has 2 aromatic rings. The van der Waals surface area contributed by atoms with Crippen LogP contribution in [0.2, 0.25) is 0 Å². The van der Waals surface area contributed by atoms with Crippen molar-refractivity contribution in [2.75, 3.05) is 18.4 Å². The topological polar surface area (TPSA) is 67.2 Å². The molecule has 1 fully saturated rings. The number of hydrogen-bond donors (Lipinski definition) is 1. The second-order valence-corrected chi connectivity index (χ2v) is 6.72. The highest BCUT2D eigenvalue weighted by atomic mass is 16.2. The Morgan fingerprint density at radius 2 is 1.88 bits per heavy atom. The lowest BCUT2D eigenvalue weighted by Gasteiger charge is -2.29. The number of benzene rings is 1. The van der Waals surface area contributed by atoms with Gasteiger partial charge in [-0.15, -0.1) is 0 Å². The third-order valence-corrected chi connectivity index (χ3v) is 4.64. The van der Waals surface area contributed by atoms with Gasteiger partial charge in [-0.2, -0.15) is 5.10 Å². The molecule has 1 aromatic heterocycles. The SMILES string of the molecule is CC1CCN(C(=O)c2cc(NC(=O)Cc3ccccc3)n(C)n2)CC1. The third kappa shape index (κ3) is 4.26. The number of hydrogen-bond acceptors (Lipinski definition) is 3. The number of aryl methyl sites for hydroxylation is 1. The predicted molar refractivity (Wildman–Crippen MR) is 96.3 cm³/mol. The van der Waals surface area contributed by atoms with Gasteiger partial charge in [-0.3, -0.25) is 14.3 Å². The largest absolute Gasteiger partial charge is 0.337 e. The number of carbonyl (C=O) groups is 2. The smallest absolute Gasteiger partial charge is 0.274 e. The fourth-order valence-electron chi connectivity index (χ4n) is 3.03. The molecule has 132 valence electrons. The van der Waals surface area contributed by atoms with Gasteiger partial charge in [-0.25, -0.2) is 0 Å². The van der Waals surface area contributed by atoms with Crippen LogP contribution >= 0.6 is 0 Å². The van der Waals surface area contributed by atoms with Gasteiger partial charge in [0.25, 0.3) is 5.91 Å². The molecule has 0 aliphatic carbocycles. The first kappa shape index (κ1) is 17.2. The Labute approximate surface area is 147 Å². The van der Waals surface area contributed by atoms with Crippen LogP contribution in [0.25, 0.3) is 0 Å². The predicted octanol–water partition coefficient (Wildman–Crippen LogP) is 2.47. The highest BCUT2D eigenvalue weighted by Gasteiger charge is 2.24. The Kier molecular flexibility index (Phi) is 5.16. The Hall–Kier alpha value is -2.63. The summed E-state index contributed by atoms with van der Waals surface area (Å²) in [6.07, 6.45) is 2.35. The maximum absolute atomic E-state index is 12.6. The molecule has 1 aliphatic rings. The number of likely N-dealkylation sites (tertiary alicyclic amines) is 1. The molecular weight excluding hydrogens is 316 g/mol. The standard InChI is InChI=1S/C19H24N4O2/c1-14-8-10-23(11-9-14)19(25)16-13-17(22(2)21-16)20-18(24)12-15-6-4-3-5-7-15/h3-7,13-14H,8-12H2,1-2H3,(H,20,24). The second kappa shape index (κ2) is 7.51. The van der Waals surface area contributed by atoms with E-state index in [2.05, 4.69) is 17.3 Å². The summed E-state index contributed by atoms with van der Waals surface area (Å²) < 4.78 is 1.54. The van der Waals surface area contributed by atoms with Crippen molar-refractivity contribution in [2.24, 2.45) is 13.0 Å². The minimum atomic E-state index is -0.125. The van der Waals surface area contributed by atoms with Crippen molar-refractivity contribution < 1.29 is 9.59 Å². The maximum Gasteiger partial charge on any atom is 0.274 e. The van der Waals surface area contributed by atoms with Gasteiger partial charge in [-0.05, 0) is 24.3 Å². The molecule has 0 unspecified atom stereocenters. The van der Waals surface area contributed by atoms with E-state index in [0.717, 1.165) is 31.5 Å². The highest BCUT2D eigenvalue weighted by molar-refractivity contribution is 5.96. The van der Waals surface area contributed by atoms with Gasteiger partial charge >= 0.3 is 0 Å². The zero-order valence-electron chi connectivity index (χ0n) is 14.7. The fraction of sp³-hybridized carbons (Fsp3) is 0.421. The van der Waals surface area contributed by atoms with Crippen LogP contribution in [0.15, 0.2) is 36.4 Å². The van der Waals surface area contributed by atoms with E-state index in [0.29, 0.717) is 23.9 Å². The van der Waals surface area contributed by atoms with Crippen molar-refractivity contribution in [3.8, 4) is 0 Å². The lowest BCUT2D eigenvalue weighted by atomic mass is 9.99. The van der Waals surface area contributed by atoms with Crippen molar-refractivity contribution in [1.82, 2.24) is 14.7 Å². The van der Waals surface area contributed by atoms with Crippen LogP contribution in [-0.4, -0.2) is 39.6 Å². The first-order valence-corrected chi connectivity index (χ1v) is 8.70. The van der Waals surface area contributed by atoms with Crippen molar-refractivity contribution in [3.63, 3.8) is 0 Å². The molecule has 1 aromatic carbocycles. The lowest BCUT2D eigenvalue weighted by molar-refractivity contribution is -0.115. The number of nitrogens with one attached hydrogen (secondary N) is 1. The Morgan fingerprint density at radius 1 is 1.20 bits per heavy atom. The summed E-state index contributed by atoms with van der Waals surface area (Å²) in [5.41, 5.74) is 1.33. The summed E-state index contributed by atoms with van der Waals surface area (Å²) in [7, 11) is 1.73. The monoisotopic (exact) mass is 340 g/mol. The van der Waals surface area contributed by atoms with Gasteiger partial charge in [0.05, 0.1) is 6.42 Å². The van der Waals surface area contributed by atoms with E-state index >= 15 is 0 Å². The van der Waals surface area contributed by atoms with Crippen LogP contribution in [0, 0.1) is 5.92 Å². The number of carbonyl (C=O) groups excluding carboxylic acids is 2. The summed E-state index contributed by atoms with van der Waals surface area (Å²) in [5, 5.41) is 7.11. The quantitative estimate of drug-likeness (QED) is 0.930. The molecule has 6 nitrogen and oxygen atoms in total. The Bertz CT molecular complexity index is 746. The molecule has 0 spiro atoms. The van der Waals surface area contributed by atoms with Crippen molar-refractivity contribution >= 4 is 17.6 Å². The molecule has 1 saturated heterocycles. The summed E-state index contributed by atoms with van der Waals surface area (Å²) in [5.74, 6) is 1.02. The minimum absolute atomic E-state index is 0.0638. The Morgan fingerprint density at radius 3 is 2.56 bits per heavy atom. The fourth-order valence-corrected chi connectivity index (χ4v) is 3.03. The number of nitrogens with zero attached hydrogens (tertiary/aromatic N) is 3.